The van der Waals surface area contributed by atoms with Gasteiger partial charge in [0.15, 0.2) is 0 Å². The summed E-state index contributed by atoms with van der Waals surface area (Å²) in [7, 11) is 0. The van der Waals surface area contributed by atoms with Crippen molar-refractivity contribution < 1.29 is 19.4 Å². The minimum absolute atomic E-state index is 0.0639. The van der Waals surface area contributed by atoms with E-state index in [2.05, 4.69) is 0 Å². The first-order valence-electron chi connectivity index (χ1n) is 6.54. The summed E-state index contributed by atoms with van der Waals surface area (Å²) >= 11 is 0. The van der Waals surface area contributed by atoms with Gasteiger partial charge in [-0.1, -0.05) is 6.92 Å². The van der Waals surface area contributed by atoms with Gasteiger partial charge in [0.25, 0.3) is 0 Å². The standard InChI is InChI=1S/C14H18O4/c1-8-9-6-10-11(15)4-3-5-13(10,2)7-14(9,17)18-12(8)16/h10,17H,3-7H2,1-2H3/t10-,13+,14-/m0/s1. The average molecular weight is 250 g/mol. The van der Waals surface area contributed by atoms with Gasteiger partial charge in [0, 0.05) is 29.9 Å². The molecule has 3 atom stereocenters. The number of carbonyl (C=O) groups is 2. The quantitative estimate of drug-likeness (QED) is 0.665. The Hall–Kier alpha value is -1.16. The molecule has 1 heterocycles. The van der Waals surface area contributed by atoms with Crippen LogP contribution in [0.3, 0.4) is 0 Å². The number of hydrogen-bond acceptors (Lipinski definition) is 4. The predicted octanol–water partition coefficient (Wildman–Crippen LogP) is 1.72. The van der Waals surface area contributed by atoms with Crippen LogP contribution in [-0.4, -0.2) is 22.6 Å². The fourth-order valence-electron chi connectivity index (χ4n) is 3.89. The molecule has 1 aliphatic heterocycles. The lowest BCUT2D eigenvalue weighted by Crippen LogP contribution is -2.50. The van der Waals surface area contributed by atoms with E-state index in [1.807, 2.05) is 6.92 Å². The molecule has 4 nitrogen and oxygen atoms in total. The highest BCUT2D eigenvalue weighted by molar-refractivity contribution is 5.93. The summed E-state index contributed by atoms with van der Waals surface area (Å²) < 4.78 is 5.15. The summed E-state index contributed by atoms with van der Waals surface area (Å²) in [6.45, 7) is 3.70. The largest absolute Gasteiger partial charge is 0.426 e. The number of rotatable bonds is 0. The summed E-state index contributed by atoms with van der Waals surface area (Å²) in [5.41, 5.74) is 0.876. The molecule has 0 aromatic heterocycles. The van der Waals surface area contributed by atoms with Gasteiger partial charge in [0.05, 0.1) is 0 Å². The van der Waals surface area contributed by atoms with Crippen molar-refractivity contribution in [2.24, 2.45) is 11.3 Å². The Morgan fingerprint density at radius 3 is 2.83 bits per heavy atom. The molecular formula is C14H18O4. The van der Waals surface area contributed by atoms with Gasteiger partial charge >= 0.3 is 5.97 Å². The number of fused-ring (bicyclic) bond motifs is 2. The van der Waals surface area contributed by atoms with E-state index in [1.54, 1.807) is 6.92 Å². The number of hydrogen-bond donors (Lipinski definition) is 1. The zero-order valence-electron chi connectivity index (χ0n) is 10.8. The van der Waals surface area contributed by atoms with Gasteiger partial charge in [0.2, 0.25) is 5.79 Å². The lowest BCUT2D eigenvalue weighted by molar-refractivity contribution is -0.204. The second kappa shape index (κ2) is 3.44. The molecule has 98 valence electrons. The zero-order chi connectivity index (χ0) is 13.1. The Morgan fingerprint density at radius 2 is 2.11 bits per heavy atom. The molecule has 0 amide bonds. The third-order valence-electron chi connectivity index (χ3n) is 4.94. The maximum atomic E-state index is 12.1. The maximum absolute atomic E-state index is 12.1. The van der Waals surface area contributed by atoms with Crippen LogP contribution in [0.25, 0.3) is 0 Å². The van der Waals surface area contributed by atoms with Gasteiger partial charge in [-0.15, -0.1) is 0 Å². The molecule has 1 N–H and O–H groups in total. The summed E-state index contributed by atoms with van der Waals surface area (Å²) in [5, 5.41) is 10.5. The summed E-state index contributed by atoms with van der Waals surface area (Å²) in [6, 6.07) is 0. The number of Topliss-reactive ketones (excluding diaryl/α,β-unsaturated/α-hetero) is 1. The number of esters is 1. The fraction of sp³-hybridized carbons (Fsp3) is 0.714. The van der Waals surface area contributed by atoms with Crippen molar-refractivity contribution in [3.63, 3.8) is 0 Å². The Morgan fingerprint density at radius 1 is 1.39 bits per heavy atom. The molecule has 0 spiro atoms. The van der Waals surface area contributed by atoms with E-state index >= 15 is 0 Å². The number of ketones is 1. The van der Waals surface area contributed by atoms with Crippen molar-refractivity contribution in [2.75, 3.05) is 0 Å². The number of carbonyl (C=O) groups excluding carboxylic acids is 2. The van der Waals surface area contributed by atoms with Gasteiger partial charge in [-0.25, -0.2) is 4.79 Å². The van der Waals surface area contributed by atoms with E-state index in [0.717, 1.165) is 12.8 Å². The van der Waals surface area contributed by atoms with Crippen LogP contribution in [0.2, 0.25) is 0 Å². The predicted molar refractivity (Wildman–Crippen MR) is 63.4 cm³/mol. The first kappa shape index (κ1) is 11.9. The molecule has 2 fully saturated rings. The molecule has 18 heavy (non-hydrogen) atoms. The van der Waals surface area contributed by atoms with E-state index < -0.39 is 11.8 Å². The van der Waals surface area contributed by atoms with Crippen LogP contribution in [0.15, 0.2) is 11.1 Å². The monoisotopic (exact) mass is 250 g/mol. The summed E-state index contributed by atoms with van der Waals surface area (Å²) in [4.78, 5) is 23.7. The minimum Gasteiger partial charge on any atom is -0.426 e. The molecule has 3 rings (SSSR count). The van der Waals surface area contributed by atoms with Gasteiger partial charge in [-0.3, -0.25) is 4.79 Å². The summed E-state index contributed by atoms with van der Waals surface area (Å²) in [6.07, 6.45) is 3.24. The molecule has 2 aliphatic carbocycles. The molecule has 4 heteroatoms. The fourth-order valence-corrected chi connectivity index (χ4v) is 3.89. The average Bonchev–Trinajstić information content (AvgIpc) is 2.46. The van der Waals surface area contributed by atoms with Crippen LogP contribution in [0.5, 0.6) is 0 Å². The third-order valence-corrected chi connectivity index (χ3v) is 4.94. The molecule has 0 radical (unpaired) electrons. The van der Waals surface area contributed by atoms with E-state index in [9.17, 15) is 14.7 Å². The van der Waals surface area contributed by atoms with Gasteiger partial charge in [-0.2, -0.15) is 0 Å². The van der Waals surface area contributed by atoms with Gasteiger partial charge < -0.3 is 9.84 Å². The Kier molecular flexibility index (Phi) is 2.28. The lowest BCUT2D eigenvalue weighted by atomic mass is 9.57. The number of ether oxygens (including phenoxy) is 1. The Balaban J connectivity index is 2.04. The van der Waals surface area contributed by atoms with Crippen LogP contribution in [0.1, 0.15) is 46.0 Å². The van der Waals surface area contributed by atoms with E-state index in [4.69, 9.17) is 4.74 Å². The highest BCUT2D eigenvalue weighted by atomic mass is 16.7. The second-order valence-corrected chi connectivity index (χ2v) is 6.18. The van der Waals surface area contributed by atoms with Crippen molar-refractivity contribution in [1.29, 1.82) is 0 Å². The van der Waals surface area contributed by atoms with E-state index in [-0.39, 0.29) is 17.1 Å². The lowest BCUT2D eigenvalue weighted by Gasteiger charge is -2.48. The van der Waals surface area contributed by atoms with Crippen molar-refractivity contribution in [3.8, 4) is 0 Å². The van der Waals surface area contributed by atoms with Crippen molar-refractivity contribution in [1.82, 2.24) is 0 Å². The van der Waals surface area contributed by atoms with Gasteiger partial charge in [-0.05, 0) is 31.6 Å². The molecule has 0 aromatic carbocycles. The van der Waals surface area contributed by atoms with Crippen LogP contribution >= 0.6 is 0 Å². The zero-order valence-corrected chi connectivity index (χ0v) is 10.8. The molecule has 0 saturated heterocycles. The van der Waals surface area contributed by atoms with Crippen molar-refractivity contribution in [3.05, 3.63) is 11.1 Å². The molecule has 0 unspecified atom stereocenters. The smallest absolute Gasteiger partial charge is 0.336 e. The van der Waals surface area contributed by atoms with Crippen LogP contribution in [0, 0.1) is 11.3 Å². The summed E-state index contributed by atoms with van der Waals surface area (Å²) in [5.74, 6) is -1.69. The normalized spacial score (nSPS) is 43.6. The molecular weight excluding hydrogens is 232 g/mol. The Labute approximate surface area is 106 Å². The van der Waals surface area contributed by atoms with Crippen LogP contribution in [-0.2, 0) is 14.3 Å². The Bertz CT molecular complexity index is 478. The first-order chi connectivity index (χ1) is 8.36. The van der Waals surface area contributed by atoms with Crippen LogP contribution in [0.4, 0.5) is 0 Å². The van der Waals surface area contributed by atoms with Gasteiger partial charge in [0.1, 0.15) is 5.78 Å². The highest BCUT2D eigenvalue weighted by Crippen LogP contribution is 2.56. The molecule has 2 saturated carbocycles. The molecule has 0 aromatic rings. The number of aliphatic hydroxyl groups is 1. The highest BCUT2D eigenvalue weighted by Gasteiger charge is 2.58. The van der Waals surface area contributed by atoms with Crippen LogP contribution < -0.4 is 0 Å². The maximum Gasteiger partial charge on any atom is 0.336 e. The van der Waals surface area contributed by atoms with E-state index in [0.29, 0.717) is 30.4 Å². The third kappa shape index (κ3) is 1.41. The van der Waals surface area contributed by atoms with E-state index in [1.165, 1.54) is 0 Å². The van der Waals surface area contributed by atoms with Crippen molar-refractivity contribution in [2.45, 2.75) is 51.7 Å². The first-order valence-corrected chi connectivity index (χ1v) is 6.54. The topological polar surface area (TPSA) is 63.6 Å². The second-order valence-electron chi connectivity index (χ2n) is 6.18. The van der Waals surface area contributed by atoms with Crippen molar-refractivity contribution >= 4 is 11.8 Å². The molecule has 0 bridgehead atoms. The molecule has 3 aliphatic rings. The SMILES string of the molecule is CC1=C2C[C@H]3C(=O)CCC[C@]3(C)C[C@]2(O)OC1=O. The minimum atomic E-state index is -1.45.